The van der Waals surface area contributed by atoms with Gasteiger partial charge in [-0.3, -0.25) is 67.1 Å². The molecule has 1 spiro atoms. The topological polar surface area (TPSA) is 433 Å². The van der Waals surface area contributed by atoms with E-state index in [1.54, 1.807) is 20.0 Å². The average Bonchev–Trinajstić information content (AvgIpc) is 1.80. The molecule has 12 atom stereocenters. The number of fused-ring (bicyclic) bond motifs is 1. The van der Waals surface area contributed by atoms with E-state index in [0.29, 0.717) is 79.8 Å². The van der Waals surface area contributed by atoms with Crippen LogP contribution in [0.2, 0.25) is 0 Å². The number of aromatic nitrogens is 1. The molecule has 2 aliphatic heterocycles. The van der Waals surface area contributed by atoms with E-state index in [-0.39, 0.29) is 131 Å². The number of amides is 6. The number of benzene rings is 3. The van der Waals surface area contributed by atoms with E-state index in [9.17, 15) is 66.1 Å². The molecule has 123 heavy (non-hydrogen) atoms. The number of hydrogen-bond donors (Lipinski definition) is 11. The highest BCUT2D eigenvalue weighted by Gasteiger charge is 2.45. The van der Waals surface area contributed by atoms with Gasteiger partial charge in [0, 0.05) is 104 Å². The van der Waals surface area contributed by atoms with Crippen LogP contribution in [-0.4, -0.2) is 139 Å². The van der Waals surface area contributed by atoms with Crippen molar-refractivity contribution >= 4 is 92.8 Å². The first-order valence-electron chi connectivity index (χ1n) is 43.7. The summed E-state index contributed by atoms with van der Waals surface area (Å²) >= 11 is 0. The Labute approximate surface area is 719 Å². The maximum atomic E-state index is 16.4. The molecular weight excluding hydrogens is 1590 g/mol. The van der Waals surface area contributed by atoms with Crippen molar-refractivity contribution in [1.82, 2.24) is 31.6 Å². The Morgan fingerprint density at radius 3 is 1.67 bits per heavy atom. The molecule has 0 aliphatic carbocycles. The molecule has 0 radical (unpaired) electrons. The number of phenolic OH excluding ortho intramolecular Hbond substituents is 1. The zero-order chi connectivity index (χ0) is 90.9. The molecule has 4 aromatic rings. The van der Waals surface area contributed by atoms with Crippen molar-refractivity contribution in [3.05, 3.63) is 125 Å². The van der Waals surface area contributed by atoms with Crippen LogP contribution in [0, 0.1) is 52.7 Å². The number of aromatic amines is 1. The summed E-state index contributed by atoms with van der Waals surface area (Å²) < 4.78 is 57.1. The number of carbonyl (C=O) groups is 14. The highest BCUT2D eigenvalue weighted by molar-refractivity contribution is 6.02. The van der Waals surface area contributed by atoms with E-state index in [1.807, 2.05) is 52.0 Å². The number of carboxylic acids is 1. The summed E-state index contributed by atoms with van der Waals surface area (Å²) in [7, 11) is 0. The molecule has 6 rings (SSSR count). The van der Waals surface area contributed by atoms with Crippen molar-refractivity contribution in [2.24, 2.45) is 64.0 Å². The second-order valence-electron chi connectivity index (χ2n) is 35.6. The second kappa shape index (κ2) is 49.0. The smallest absolute Gasteiger partial charge is 0.416 e. The number of aromatic hydroxyl groups is 1. The van der Waals surface area contributed by atoms with Gasteiger partial charge in [0.1, 0.15) is 17.3 Å². The summed E-state index contributed by atoms with van der Waals surface area (Å²) in [6, 6.07) is 7.70. The number of unbranched alkanes of at least 4 members (excludes halogenated alkanes) is 1. The molecule has 29 heteroatoms. The molecule has 2 aliphatic rings. The van der Waals surface area contributed by atoms with Crippen molar-refractivity contribution in [2.45, 2.75) is 302 Å². The average molecular weight is 1720 g/mol. The van der Waals surface area contributed by atoms with Crippen molar-refractivity contribution in [2.75, 3.05) is 6.54 Å². The van der Waals surface area contributed by atoms with E-state index in [1.165, 1.54) is 56.3 Å². The fourth-order valence-corrected chi connectivity index (χ4v) is 16.4. The number of aliphatic carboxylic acids is 1. The molecule has 0 saturated carbocycles. The largest absolute Gasteiger partial charge is 0.508 e. The number of carbonyl (C=O) groups excluding carboxylic acids is 13. The molecule has 1 aromatic heterocycles. The number of Topliss-reactive ketones (excluding diaryl/α,β-unsaturated/α-hetero) is 7. The number of alkyl halides is 3. The van der Waals surface area contributed by atoms with Crippen molar-refractivity contribution in [3.63, 3.8) is 0 Å². The van der Waals surface area contributed by atoms with Gasteiger partial charge in [-0.05, 0) is 220 Å². The molecule has 0 bridgehead atoms. The number of nitrogens with two attached hydrogens (primary N) is 3. The zero-order valence-electron chi connectivity index (χ0n) is 72.8. The van der Waals surface area contributed by atoms with Crippen molar-refractivity contribution in [3.8, 4) is 5.75 Å². The van der Waals surface area contributed by atoms with Crippen LogP contribution < -0.4 is 43.8 Å². The number of halogens is 4. The first-order chi connectivity index (χ1) is 58.0. The Kier molecular flexibility index (Phi) is 40.6. The second-order valence-corrected chi connectivity index (χ2v) is 35.6. The number of nitrogens with one attached hydrogen (secondary N) is 6. The van der Waals surface area contributed by atoms with Gasteiger partial charge in [0.25, 0.3) is 0 Å². The molecule has 3 heterocycles. The highest BCUT2D eigenvalue weighted by Crippen LogP contribution is 2.36. The van der Waals surface area contributed by atoms with Crippen LogP contribution in [-0.2, 0) is 92.6 Å². The van der Waals surface area contributed by atoms with Gasteiger partial charge in [-0.1, -0.05) is 109 Å². The summed E-state index contributed by atoms with van der Waals surface area (Å²) in [5.74, 6) is -18.8. The monoisotopic (exact) mass is 1720 g/mol. The van der Waals surface area contributed by atoms with E-state index < -0.39 is 210 Å². The van der Waals surface area contributed by atoms with Crippen LogP contribution >= 0.6 is 0 Å². The molecule has 676 valence electrons. The van der Waals surface area contributed by atoms with E-state index >= 15 is 28.8 Å². The minimum absolute atomic E-state index is 0.0316. The Morgan fingerprint density at radius 1 is 0.553 bits per heavy atom. The van der Waals surface area contributed by atoms with Gasteiger partial charge in [-0.25, -0.2) is 4.39 Å². The highest BCUT2D eigenvalue weighted by atomic mass is 19.4. The molecule has 14 N–H and O–H groups in total. The van der Waals surface area contributed by atoms with Crippen LogP contribution in [0.15, 0.2) is 97.2 Å². The maximum Gasteiger partial charge on any atom is 0.416 e. The van der Waals surface area contributed by atoms with Crippen LogP contribution in [0.5, 0.6) is 5.75 Å². The fourth-order valence-electron chi connectivity index (χ4n) is 16.4. The van der Waals surface area contributed by atoms with Crippen LogP contribution in [0.1, 0.15) is 264 Å². The predicted octanol–water partition coefficient (Wildman–Crippen LogP) is 13.0. The number of phenols is 1. The van der Waals surface area contributed by atoms with Crippen molar-refractivity contribution < 1.29 is 94.9 Å². The lowest BCUT2D eigenvalue weighted by atomic mass is 9.75. The van der Waals surface area contributed by atoms with Gasteiger partial charge in [0.2, 0.25) is 35.4 Å². The third-order valence-electron chi connectivity index (χ3n) is 24.0. The van der Waals surface area contributed by atoms with Crippen LogP contribution in [0.4, 0.5) is 17.6 Å². The summed E-state index contributed by atoms with van der Waals surface area (Å²) in [6.07, 6.45) is 4.18. The molecule has 3 aromatic carbocycles. The number of hydrogen-bond acceptors (Lipinski definition) is 17. The summed E-state index contributed by atoms with van der Waals surface area (Å²) in [6.45, 7) is 13.9. The quantitative estimate of drug-likeness (QED) is 0.0222. The molecule has 25 nitrogen and oxygen atoms in total. The lowest BCUT2D eigenvalue weighted by Crippen LogP contribution is -2.57. The van der Waals surface area contributed by atoms with Crippen LogP contribution in [0.25, 0.3) is 10.9 Å². The summed E-state index contributed by atoms with van der Waals surface area (Å²) in [5.41, 5.74) is 14.3. The van der Waals surface area contributed by atoms with E-state index in [4.69, 9.17) is 17.2 Å². The molecular formula is C94H131F4N9O16. The van der Waals surface area contributed by atoms with Crippen LogP contribution in [0.3, 0.4) is 0 Å². The minimum atomic E-state index is -4.83. The number of primary amides is 1. The molecule has 0 fully saturated rings. The van der Waals surface area contributed by atoms with Gasteiger partial charge < -0.3 is 59.0 Å². The first kappa shape index (κ1) is 102. The maximum absolute atomic E-state index is 16.4. The third-order valence-corrected chi connectivity index (χ3v) is 24.0. The third kappa shape index (κ3) is 33.6. The lowest BCUT2D eigenvalue weighted by molar-refractivity contribution is -0.140. The number of H-pyrrole nitrogens is 1. The number of carboxylic acid groups (broad SMARTS) is 1. The standard InChI is InChI=1S/C94H131F4N9O16/c1-58(2)44-65-51-78(110)73(26-20-25-43-99)103-87(120)64(31-38-85(117)118)50-79(111)76(48-63-27-32-69(33-28-63)94(96,97)98)106-89(122)67(54-84(100)116)53-83(115)93(41-23-18-13-11-9-10-12-16-21-39-91(7,61(6)108)56-81(113)75(45-59(3)4)105-88(65)121)42-24-19-15-14-17-22-40-92(8,101)82(114)46-60(5)86(119)104-77(49-68-57-102-74-55-70(95)34-37-72(68)74)80(112)52-66(90(123)107-93)47-62-29-35-71(109)36-30-62/h11,13-15,27-30,32-37,55,57-60,64-67,73,75-77,102,109H,9-10,12,16-26,31,38-54,56,99,101H2,1-8H3,(H2,100,116)(H,103,120)(H,104,119)(H,105,121)(H,106,122)(H,107,123)(H,117,118)/b13-11?,15-14-/t60-,64-,65-,66-,67+,73+,75+,76+,77+,91-,92+,93-/m0/s1. The Morgan fingerprint density at radius 2 is 1.08 bits per heavy atom. The molecule has 0 unspecified atom stereocenters. The summed E-state index contributed by atoms with van der Waals surface area (Å²) in [4.78, 5) is 209. The first-order valence-corrected chi connectivity index (χ1v) is 43.7. The number of ketones is 7. The van der Waals surface area contributed by atoms with Gasteiger partial charge in [0.15, 0.2) is 34.7 Å². The van der Waals surface area contributed by atoms with Crippen molar-refractivity contribution in [1.29, 1.82) is 0 Å². The predicted molar refractivity (Wildman–Crippen MR) is 460 cm³/mol. The Hall–Kier alpha value is -9.90. The lowest BCUT2D eigenvalue weighted by Gasteiger charge is -2.36. The minimum Gasteiger partial charge on any atom is -0.508 e. The zero-order valence-corrected chi connectivity index (χ0v) is 72.8. The Bertz CT molecular complexity index is 4350. The number of rotatable bonds is 20. The van der Waals surface area contributed by atoms with E-state index in [0.717, 1.165) is 30.7 Å². The van der Waals surface area contributed by atoms with Gasteiger partial charge in [0.05, 0.1) is 46.7 Å². The normalized spacial score (nSPS) is 26.4. The van der Waals surface area contributed by atoms with E-state index in [2.05, 4.69) is 31.6 Å². The SMILES string of the molecule is CC(=O)[C@@]1(C)CCCCCCC=CCCC[C@]2(CCC/C=C\CCC[C@@](C)(N)C(=O)C[C@H](C)C(=O)N[C@H](Cc3c[nH]c4cc(F)ccc34)C(=O)C[C@H](Cc3ccc(O)cc3)C(=O)N2)C(=O)C[C@H](CC(N)=O)C(=O)N[C@H](Cc2ccc(C(F)(F)F)cc2)C(=O)C[C@H](CCC(=O)O)C(=O)N[C@H](CCCCN)C(=O)C[C@H](CC(C)C)C(=O)N[C@H](CC(C)C)C(=O)C1. The fraction of sp³-hybridized carbons (Fsp3) is 0.596. The molecule has 0 saturated heterocycles. The number of allylic oxidation sites excluding steroid dienone is 4. The molecule has 6 amide bonds. The summed E-state index contributed by atoms with van der Waals surface area (Å²) in [5, 5.41) is 35.4. The van der Waals surface area contributed by atoms with Gasteiger partial charge >= 0.3 is 12.1 Å². The van der Waals surface area contributed by atoms with Gasteiger partial charge in [-0.2, -0.15) is 13.2 Å². The van der Waals surface area contributed by atoms with Gasteiger partial charge in [-0.15, -0.1) is 0 Å². The Balaban J connectivity index is 1.54.